The first kappa shape index (κ1) is 13.2. The monoisotopic (exact) mass is 334 g/mol. The Hall–Kier alpha value is -0.860. The molecule has 0 aliphatic carbocycles. The van der Waals surface area contributed by atoms with Crippen molar-refractivity contribution in [3.8, 4) is 0 Å². The van der Waals surface area contributed by atoms with Gasteiger partial charge in [-0.2, -0.15) is 0 Å². The summed E-state index contributed by atoms with van der Waals surface area (Å²) in [4.78, 5) is 11.6. The predicted octanol–water partition coefficient (Wildman–Crippen LogP) is 1.46. The number of hydrogen-bond donors (Lipinski definition) is 2. The molecule has 1 aromatic carbocycles. The lowest BCUT2D eigenvalue weighted by molar-refractivity contribution is 0.216. The summed E-state index contributed by atoms with van der Waals surface area (Å²) in [5.41, 5.74) is 1.82. The molecule has 88 valence electrons. The van der Waals surface area contributed by atoms with Gasteiger partial charge < -0.3 is 0 Å². The number of hydrazine groups is 2. The number of benzene rings is 1. The number of amides is 2. The van der Waals surface area contributed by atoms with Crippen LogP contribution in [0.1, 0.15) is 12.5 Å². The number of aryl methyl sites for hydroxylation is 1. The molecule has 0 unspecified atom stereocenters. The van der Waals surface area contributed by atoms with Crippen molar-refractivity contribution in [2.75, 3.05) is 12.1 Å². The van der Waals surface area contributed by atoms with Crippen molar-refractivity contribution in [2.45, 2.75) is 13.3 Å². The van der Waals surface area contributed by atoms with E-state index in [9.17, 15) is 4.79 Å². The third-order valence-corrected chi connectivity index (χ3v) is 3.45. The predicted molar refractivity (Wildman–Crippen MR) is 72.5 cm³/mol. The Morgan fingerprint density at radius 2 is 2.06 bits per heavy atom. The van der Waals surface area contributed by atoms with Crippen molar-refractivity contribution in [3.63, 3.8) is 0 Å². The Morgan fingerprint density at radius 3 is 2.56 bits per heavy atom. The zero-order chi connectivity index (χ0) is 12.3. The third-order valence-electron chi connectivity index (χ3n) is 2.21. The number of nitrogens with two attached hydrogens (primary N) is 2. The average molecular weight is 334 g/mol. The summed E-state index contributed by atoms with van der Waals surface area (Å²) >= 11 is 2.18. The molecular weight excluding hydrogens is 319 g/mol. The quantitative estimate of drug-likeness (QED) is 0.372. The second-order valence-corrected chi connectivity index (χ2v) is 4.45. The second-order valence-electron chi connectivity index (χ2n) is 3.37. The summed E-state index contributed by atoms with van der Waals surface area (Å²) in [5.74, 6) is 11.1. The number of urea groups is 1. The van der Waals surface area contributed by atoms with Gasteiger partial charge in [-0.25, -0.2) is 21.5 Å². The molecular formula is C10H15IN4O. The maximum atomic E-state index is 11.6. The summed E-state index contributed by atoms with van der Waals surface area (Å²) in [5, 5.41) is 2.01. The SMILES string of the molecule is CCc1cccc(N(N)C(=O)N(C)N)c1I. The third kappa shape index (κ3) is 2.63. The van der Waals surface area contributed by atoms with Gasteiger partial charge in [-0.1, -0.05) is 19.1 Å². The number of halogens is 1. The molecule has 16 heavy (non-hydrogen) atoms. The van der Waals surface area contributed by atoms with Crippen molar-refractivity contribution in [3.05, 3.63) is 27.3 Å². The first-order valence-corrected chi connectivity index (χ1v) is 5.91. The van der Waals surface area contributed by atoms with Gasteiger partial charge in [0.2, 0.25) is 0 Å². The van der Waals surface area contributed by atoms with Crippen LogP contribution >= 0.6 is 22.6 Å². The van der Waals surface area contributed by atoms with Crippen LogP contribution in [0.3, 0.4) is 0 Å². The molecule has 6 heteroatoms. The van der Waals surface area contributed by atoms with E-state index in [-0.39, 0.29) is 0 Å². The van der Waals surface area contributed by atoms with Gasteiger partial charge >= 0.3 is 6.03 Å². The zero-order valence-corrected chi connectivity index (χ0v) is 11.4. The van der Waals surface area contributed by atoms with Gasteiger partial charge in [-0.05, 0) is 40.6 Å². The number of anilines is 1. The summed E-state index contributed by atoms with van der Waals surface area (Å²) in [6, 6.07) is 5.23. The van der Waals surface area contributed by atoms with E-state index >= 15 is 0 Å². The first-order chi connectivity index (χ1) is 7.49. The number of carbonyl (C=O) groups excluding carboxylic acids is 1. The summed E-state index contributed by atoms with van der Waals surface area (Å²) < 4.78 is 0.973. The molecule has 0 bridgehead atoms. The molecule has 0 radical (unpaired) electrons. The normalized spacial score (nSPS) is 10.1. The molecule has 0 aliphatic heterocycles. The molecule has 0 spiro atoms. The second kappa shape index (κ2) is 5.46. The Kier molecular flexibility index (Phi) is 4.51. The van der Waals surface area contributed by atoms with Gasteiger partial charge in [-0.15, -0.1) is 0 Å². The minimum Gasteiger partial charge on any atom is -0.264 e. The molecule has 0 fully saturated rings. The minimum absolute atomic E-state index is 0.453. The Labute approximate surface area is 108 Å². The standard InChI is InChI=1S/C10H15IN4O/c1-3-7-5-4-6-8(9(7)11)15(13)10(16)14(2)12/h4-6H,3,12-13H2,1-2H3. The Bertz CT molecular complexity index is 394. The molecule has 0 aliphatic rings. The first-order valence-electron chi connectivity index (χ1n) is 4.83. The van der Waals surface area contributed by atoms with Crippen LogP contribution in [0, 0.1) is 3.57 Å². The van der Waals surface area contributed by atoms with Crippen molar-refractivity contribution in [1.29, 1.82) is 0 Å². The van der Waals surface area contributed by atoms with Gasteiger partial charge in [0.05, 0.1) is 5.69 Å². The summed E-state index contributed by atoms with van der Waals surface area (Å²) in [6.45, 7) is 2.05. The molecule has 2 amide bonds. The molecule has 4 N–H and O–H groups in total. The zero-order valence-electron chi connectivity index (χ0n) is 9.27. The largest absolute Gasteiger partial charge is 0.352 e. The van der Waals surface area contributed by atoms with E-state index in [0.717, 1.165) is 25.6 Å². The van der Waals surface area contributed by atoms with Gasteiger partial charge in [-0.3, -0.25) is 5.01 Å². The lowest BCUT2D eigenvalue weighted by Crippen LogP contribution is -2.48. The average Bonchev–Trinajstić information content (AvgIpc) is 2.27. The van der Waals surface area contributed by atoms with Crippen LogP contribution in [-0.4, -0.2) is 18.1 Å². The Morgan fingerprint density at radius 1 is 1.44 bits per heavy atom. The lowest BCUT2D eigenvalue weighted by atomic mass is 10.1. The summed E-state index contributed by atoms with van der Waals surface area (Å²) in [6.07, 6.45) is 0.895. The smallest absolute Gasteiger partial charge is 0.264 e. The molecule has 5 nitrogen and oxygen atoms in total. The highest BCUT2D eigenvalue weighted by molar-refractivity contribution is 14.1. The molecule has 0 saturated carbocycles. The van der Waals surface area contributed by atoms with Gasteiger partial charge in [0.15, 0.2) is 0 Å². The van der Waals surface area contributed by atoms with E-state index in [1.807, 2.05) is 12.1 Å². The highest BCUT2D eigenvalue weighted by Gasteiger charge is 2.17. The fraction of sp³-hybridized carbons (Fsp3) is 0.300. The van der Waals surface area contributed by atoms with E-state index in [0.29, 0.717) is 5.69 Å². The fourth-order valence-electron chi connectivity index (χ4n) is 1.30. The van der Waals surface area contributed by atoms with Gasteiger partial charge in [0.1, 0.15) is 0 Å². The maximum absolute atomic E-state index is 11.6. The lowest BCUT2D eigenvalue weighted by Gasteiger charge is -2.22. The van der Waals surface area contributed by atoms with Crippen molar-refractivity contribution in [2.24, 2.45) is 11.7 Å². The van der Waals surface area contributed by atoms with Crippen LogP contribution in [0.5, 0.6) is 0 Å². The van der Waals surface area contributed by atoms with Crippen molar-refractivity contribution < 1.29 is 4.79 Å². The highest BCUT2D eigenvalue weighted by Crippen LogP contribution is 2.24. The van der Waals surface area contributed by atoms with Crippen molar-refractivity contribution >= 4 is 34.3 Å². The van der Waals surface area contributed by atoms with Crippen LogP contribution in [0.15, 0.2) is 18.2 Å². The molecule has 1 rings (SSSR count). The number of hydrogen-bond acceptors (Lipinski definition) is 3. The van der Waals surface area contributed by atoms with Crippen LogP contribution in [0.4, 0.5) is 10.5 Å². The fourth-order valence-corrected chi connectivity index (χ4v) is 2.30. The number of nitrogens with zero attached hydrogens (tertiary/aromatic N) is 2. The van der Waals surface area contributed by atoms with E-state index < -0.39 is 6.03 Å². The van der Waals surface area contributed by atoms with Crippen LogP contribution in [0.2, 0.25) is 0 Å². The minimum atomic E-state index is -0.453. The van der Waals surface area contributed by atoms with Crippen molar-refractivity contribution in [1.82, 2.24) is 5.01 Å². The number of carbonyl (C=O) groups is 1. The molecule has 0 saturated heterocycles. The van der Waals surface area contributed by atoms with Crippen LogP contribution in [-0.2, 0) is 6.42 Å². The number of rotatable bonds is 2. The van der Waals surface area contributed by atoms with E-state index in [1.54, 1.807) is 6.07 Å². The van der Waals surface area contributed by atoms with E-state index in [2.05, 4.69) is 29.5 Å². The molecule has 0 aromatic heterocycles. The summed E-state index contributed by atoms with van der Waals surface area (Å²) in [7, 11) is 1.46. The van der Waals surface area contributed by atoms with Gasteiger partial charge in [0, 0.05) is 10.6 Å². The molecule has 1 aromatic rings. The van der Waals surface area contributed by atoms with Crippen LogP contribution < -0.4 is 16.7 Å². The highest BCUT2D eigenvalue weighted by atomic mass is 127. The van der Waals surface area contributed by atoms with E-state index in [1.165, 1.54) is 7.05 Å². The maximum Gasteiger partial charge on any atom is 0.352 e. The van der Waals surface area contributed by atoms with E-state index in [4.69, 9.17) is 11.7 Å². The molecule has 0 atom stereocenters. The van der Waals surface area contributed by atoms with Crippen LogP contribution in [0.25, 0.3) is 0 Å². The Balaban J connectivity index is 3.09. The topological polar surface area (TPSA) is 75.6 Å². The molecule has 0 heterocycles. The van der Waals surface area contributed by atoms with Gasteiger partial charge in [0.25, 0.3) is 0 Å².